The van der Waals surface area contributed by atoms with Crippen molar-refractivity contribution in [3.05, 3.63) is 89.3 Å². The van der Waals surface area contributed by atoms with Gasteiger partial charge in [0.2, 0.25) is 0 Å². The second-order valence-corrected chi connectivity index (χ2v) is 9.52. The predicted molar refractivity (Wildman–Crippen MR) is 131 cm³/mol. The molecule has 2 aliphatic carbocycles. The van der Waals surface area contributed by atoms with Gasteiger partial charge in [-0.05, 0) is 78.6 Å². The Balaban J connectivity index is 1.70. The van der Waals surface area contributed by atoms with Gasteiger partial charge in [0.25, 0.3) is 0 Å². The molecule has 170 valence electrons. The average molecular weight is 443 g/mol. The Hall–Kier alpha value is -2.96. The smallest absolute Gasteiger partial charge is 0.162 e. The zero-order chi connectivity index (χ0) is 23.6. The lowest BCUT2D eigenvalue weighted by Crippen LogP contribution is -2.57. The maximum atomic E-state index is 13.4. The Bertz CT molecular complexity index is 1150. The third kappa shape index (κ3) is 4.33. The molecule has 0 heterocycles. The molecular weight excluding hydrogens is 411 g/mol. The Labute approximate surface area is 196 Å². The van der Waals surface area contributed by atoms with E-state index in [9.17, 15) is 14.3 Å². The van der Waals surface area contributed by atoms with Gasteiger partial charge in [0.05, 0.1) is 6.10 Å². The number of carbonyl (C=O) groups excluding carboxylic acids is 1. The van der Waals surface area contributed by atoms with Crippen molar-refractivity contribution in [2.75, 3.05) is 0 Å². The number of Topliss-reactive ketones (excluding diaryl/α,β-unsaturated/α-hetero) is 1. The second-order valence-electron chi connectivity index (χ2n) is 9.52. The van der Waals surface area contributed by atoms with Crippen LogP contribution in [0.2, 0.25) is 0 Å². The van der Waals surface area contributed by atoms with Crippen LogP contribution >= 0.6 is 0 Å². The highest BCUT2D eigenvalue weighted by atomic mass is 19.1. The molecule has 0 amide bonds. The molecule has 2 fully saturated rings. The van der Waals surface area contributed by atoms with Crippen LogP contribution in [-0.4, -0.2) is 17.0 Å². The van der Waals surface area contributed by atoms with Crippen molar-refractivity contribution < 1.29 is 14.3 Å². The molecule has 1 N–H and O–H groups in total. The molecule has 4 rings (SSSR count). The first-order chi connectivity index (χ1) is 15.9. The summed E-state index contributed by atoms with van der Waals surface area (Å²) in [6, 6.07) is 14.0. The van der Waals surface area contributed by atoms with E-state index in [4.69, 9.17) is 0 Å². The van der Waals surface area contributed by atoms with E-state index in [1.54, 1.807) is 12.1 Å². The number of benzene rings is 2. The zero-order valence-corrected chi connectivity index (χ0v) is 19.4. The van der Waals surface area contributed by atoms with Gasteiger partial charge in [-0.25, -0.2) is 4.39 Å². The number of rotatable bonds is 3. The molecule has 2 aliphatic rings. The summed E-state index contributed by atoms with van der Waals surface area (Å²) >= 11 is 0. The van der Waals surface area contributed by atoms with Crippen LogP contribution in [0.4, 0.5) is 4.39 Å². The normalized spacial score (nSPS) is 30.3. The number of aliphatic hydroxyl groups excluding tert-OH is 1. The van der Waals surface area contributed by atoms with Gasteiger partial charge in [-0.2, -0.15) is 0 Å². The minimum Gasteiger partial charge on any atom is -0.393 e. The minimum absolute atomic E-state index is 0.0680. The fourth-order valence-corrected chi connectivity index (χ4v) is 6.10. The summed E-state index contributed by atoms with van der Waals surface area (Å²) in [5.41, 5.74) is 2.74. The van der Waals surface area contributed by atoms with Gasteiger partial charge >= 0.3 is 0 Å². The van der Waals surface area contributed by atoms with Crippen LogP contribution in [0.5, 0.6) is 0 Å². The molecule has 2 aromatic rings. The van der Waals surface area contributed by atoms with Crippen LogP contribution in [0.15, 0.2) is 66.8 Å². The highest BCUT2D eigenvalue weighted by Gasteiger charge is 2.57. The van der Waals surface area contributed by atoms with E-state index < -0.39 is 6.10 Å². The van der Waals surface area contributed by atoms with Gasteiger partial charge in [-0.3, -0.25) is 4.79 Å². The summed E-state index contributed by atoms with van der Waals surface area (Å²) in [7, 11) is 0. The SMILES string of the molecule is C=CC[C@]12C(CCC[C@@H]1O)C(C)C(=O)/C(=C/c1cccc(C#Cc3cccc(F)c3)c1)[C@@H]2C. The molecule has 2 unspecified atom stereocenters. The van der Waals surface area contributed by atoms with Gasteiger partial charge in [0.15, 0.2) is 5.78 Å². The number of carbonyl (C=O) groups is 1. The van der Waals surface area contributed by atoms with Crippen LogP contribution in [0.3, 0.4) is 0 Å². The maximum Gasteiger partial charge on any atom is 0.162 e. The van der Waals surface area contributed by atoms with Crippen molar-refractivity contribution >= 4 is 11.9 Å². The fourth-order valence-electron chi connectivity index (χ4n) is 6.10. The van der Waals surface area contributed by atoms with Crippen molar-refractivity contribution in [1.29, 1.82) is 0 Å². The Kier molecular flexibility index (Phi) is 6.68. The molecule has 0 saturated heterocycles. The van der Waals surface area contributed by atoms with Gasteiger partial charge in [0, 0.05) is 22.5 Å². The van der Waals surface area contributed by atoms with Crippen LogP contribution in [-0.2, 0) is 4.79 Å². The lowest BCUT2D eigenvalue weighted by Gasteiger charge is -2.56. The first-order valence-corrected chi connectivity index (χ1v) is 11.8. The summed E-state index contributed by atoms with van der Waals surface area (Å²) in [6.07, 6.45) is 6.84. The molecule has 5 atom stereocenters. The Morgan fingerprint density at radius 1 is 1.12 bits per heavy atom. The van der Waals surface area contributed by atoms with Crippen molar-refractivity contribution in [3.8, 4) is 11.8 Å². The third-order valence-corrected chi connectivity index (χ3v) is 7.76. The summed E-state index contributed by atoms with van der Waals surface area (Å²) in [4.78, 5) is 13.4. The number of halogens is 1. The van der Waals surface area contributed by atoms with Crippen LogP contribution in [0.1, 0.15) is 56.2 Å². The molecular formula is C30H31FO2. The van der Waals surface area contributed by atoms with Crippen LogP contribution in [0, 0.1) is 40.8 Å². The fraction of sp³-hybridized carbons (Fsp3) is 0.367. The second kappa shape index (κ2) is 9.49. The van der Waals surface area contributed by atoms with Gasteiger partial charge < -0.3 is 5.11 Å². The molecule has 3 heteroatoms. The lowest BCUT2D eigenvalue weighted by atomic mass is 9.48. The minimum atomic E-state index is -0.438. The zero-order valence-electron chi connectivity index (χ0n) is 19.4. The number of allylic oxidation sites excluding steroid dienone is 2. The van der Waals surface area contributed by atoms with Crippen molar-refractivity contribution in [2.45, 2.75) is 45.6 Å². The first-order valence-electron chi connectivity index (χ1n) is 11.8. The number of aliphatic hydroxyl groups is 1. The number of hydrogen-bond acceptors (Lipinski definition) is 2. The van der Waals surface area contributed by atoms with Crippen LogP contribution < -0.4 is 0 Å². The molecule has 2 aromatic carbocycles. The van der Waals surface area contributed by atoms with E-state index in [2.05, 4.69) is 25.3 Å². The summed E-state index contributed by atoms with van der Waals surface area (Å²) in [6.45, 7) is 8.08. The molecule has 33 heavy (non-hydrogen) atoms. The van der Waals surface area contributed by atoms with E-state index in [0.717, 1.165) is 36.0 Å². The molecule has 2 saturated carbocycles. The number of fused-ring (bicyclic) bond motifs is 1. The maximum absolute atomic E-state index is 13.4. The molecule has 0 aromatic heterocycles. The van der Waals surface area contributed by atoms with E-state index in [1.165, 1.54) is 12.1 Å². The van der Waals surface area contributed by atoms with E-state index in [1.807, 2.05) is 43.3 Å². The summed E-state index contributed by atoms with van der Waals surface area (Å²) < 4.78 is 13.4. The molecule has 0 bridgehead atoms. The predicted octanol–water partition coefficient (Wildman–Crippen LogP) is 6.19. The standard InChI is InChI=1S/C30H31FO2/c1-4-16-30-21(3)26(29(33)20(2)27(30)12-7-13-28(30)32)19-24-10-5-8-22(17-24)14-15-23-9-6-11-25(31)18-23/h4-6,8-11,17-21,27-28,32H,1,7,12-13,16H2,2-3H3/b26-19+/t20?,21-,27?,28-,30-/m0/s1. The van der Waals surface area contributed by atoms with Crippen molar-refractivity contribution in [2.24, 2.45) is 23.2 Å². The summed E-state index contributed by atoms with van der Waals surface area (Å²) in [5.74, 6) is 5.94. The Morgan fingerprint density at radius 2 is 1.82 bits per heavy atom. The van der Waals surface area contributed by atoms with Crippen molar-refractivity contribution in [1.82, 2.24) is 0 Å². The molecule has 0 spiro atoms. The molecule has 2 nitrogen and oxygen atoms in total. The van der Waals surface area contributed by atoms with Gasteiger partial charge in [-0.15, -0.1) is 6.58 Å². The molecule has 0 radical (unpaired) electrons. The number of hydrogen-bond donors (Lipinski definition) is 1. The highest BCUT2D eigenvalue weighted by molar-refractivity contribution is 6.02. The van der Waals surface area contributed by atoms with Gasteiger partial charge in [0.1, 0.15) is 5.82 Å². The lowest BCUT2D eigenvalue weighted by molar-refractivity contribution is -0.143. The average Bonchev–Trinajstić information content (AvgIpc) is 2.81. The quantitative estimate of drug-likeness (QED) is 0.350. The number of ketones is 1. The third-order valence-electron chi connectivity index (χ3n) is 7.76. The van der Waals surface area contributed by atoms with E-state index >= 15 is 0 Å². The Morgan fingerprint density at radius 3 is 2.52 bits per heavy atom. The van der Waals surface area contributed by atoms with Crippen LogP contribution in [0.25, 0.3) is 6.08 Å². The largest absolute Gasteiger partial charge is 0.393 e. The van der Waals surface area contributed by atoms with E-state index in [0.29, 0.717) is 12.0 Å². The van der Waals surface area contributed by atoms with Crippen molar-refractivity contribution in [3.63, 3.8) is 0 Å². The summed E-state index contributed by atoms with van der Waals surface area (Å²) in [5, 5.41) is 11.2. The topological polar surface area (TPSA) is 37.3 Å². The first kappa shape index (κ1) is 23.2. The van der Waals surface area contributed by atoms with Gasteiger partial charge in [-0.1, -0.05) is 56.4 Å². The highest BCUT2D eigenvalue weighted by Crippen LogP contribution is 2.58. The van der Waals surface area contributed by atoms with E-state index in [-0.39, 0.29) is 34.8 Å². The monoisotopic (exact) mass is 442 g/mol. The molecule has 0 aliphatic heterocycles.